The van der Waals surface area contributed by atoms with Crippen LogP contribution in [-0.4, -0.2) is 7.28 Å². The van der Waals surface area contributed by atoms with Gasteiger partial charge in [0.05, 0.1) is 0 Å². The van der Waals surface area contributed by atoms with Crippen molar-refractivity contribution in [2.24, 2.45) is 0 Å². The normalized spacial score (nSPS) is 26.0. The van der Waals surface area contributed by atoms with Gasteiger partial charge in [0.25, 0.3) is 0 Å². The van der Waals surface area contributed by atoms with Gasteiger partial charge in [-0.05, 0) is 0 Å². The maximum atomic E-state index is 1.58. The highest BCUT2D eigenvalue weighted by atomic mass is 14.1. The molecule has 0 aliphatic heterocycles. The molecule has 1 heteroatoms. The molecule has 2 saturated carbocycles. The fourth-order valence-corrected chi connectivity index (χ4v) is 4.91. The maximum absolute atomic E-state index is 1.58. The van der Waals surface area contributed by atoms with Crippen LogP contribution in [0.2, 0.25) is 11.6 Å². The summed E-state index contributed by atoms with van der Waals surface area (Å²) in [4.78, 5) is 0. The van der Waals surface area contributed by atoms with Gasteiger partial charge in [-0.3, -0.25) is 0 Å². The summed E-state index contributed by atoms with van der Waals surface area (Å²) in [6, 6.07) is 0. The first-order chi connectivity index (χ1) is 10.9. The molecule has 0 nitrogen and oxygen atoms in total. The SMILES string of the molecule is B(C1CCCCCCCCCC1)C1CCCCCCCCC1. The first kappa shape index (κ1) is 18.4. The Hall–Kier alpha value is 0.0649. The molecular weight excluding hydrogens is 263 g/mol. The molecule has 128 valence electrons. The molecule has 0 spiro atoms. The Morgan fingerprint density at radius 1 is 0.318 bits per heavy atom. The fraction of sp³-hybridized carbons (Fsp3) is 1.00. The zero-order valence-corrected chi connectivity index (χ0v) is 15.3. The molecule has 0 radical (unpaired) electrons. The van der Waals surface area contributed by atoms with E-state index in [1.807, 2.05) is 0 Å². The van der Waals surface area contributed by atoms with E-state index < -0.39 is 0 Å². The quantitative estimate of drug-likeness (QED) is 0.465. The van der Waals surface area contributed by atoms with Crippen molar-refractivity contribution in [2.75, 3.05) is 0 Å². The molecule has 22 heavy (non-hydrogen) atoms. The van der Waals surface area contributed by atoms with Crippen LogP contribution in [0, 0.1) is 0 Å². The highest BCUT2D eigenvalue weighted by Crippen LogP contribution is 2.33. The second-order valence-corrected chi connectivity index (χ2v) is 8.43. The van der Waals surface area contributed by atoms with Crippen LogP contribution in [0.5, 0.6) is 0 Å². The Bertz CT molecular complexity index is 228. The van der Waals surface area contributed by atoms with E-state index in [-0.39, 0.29) is 0 Å². The summed E-state index contributed by atoms with van der Waals surface area (Å²) in [5, 5.41) is 0. The van der Waals surface area contributed by atoms with Gasteiger partial charge in [-0.2, -0.15) is 0 Å². The van der Waals surface area contributed by atoms with Crippen LogP contribution in [-0.2, 0) is 0 Å². The van der Waals surface area contributed by atoms with Crippen LogP contribution in [0.1, 0.15) is 122 Å². The van der Waals surface area contributed by atoms with Gasteiger partial charge in [0.1, 0.15) is 7.28 Å². The lowest BCUT2D eigenvalue weighted by molar-refractivity contribution is 0.494. The number of hydrogen-bond donors (Lipinski definition) is 0. The van der Waals surface area contributed by atoms with Crippen molar-refractivity contribution in [2.45, 2.75) is 134 Å². The first-order valence-corrected chi connectivity index (χ1v) is 10.9. The van der Waals surface area contributed by atoms with Gasteiger partial charge in [0, 0.05) is 0 Å². The molecule has 0 heterocycles. The van der Waals surface area contributed by atoms with Crippen LogP contribution in [0.3, 0.4) is 0 Å². The summed E-state index contributed by atoms with van der Waals surface area (Å²) < 4.78 is 0. The topological polar surface area (TPSA) is 0 Å². The van der Waals surface area contributed by atoms with Crippen molar-refractivity contribution in [1.82, 2.24) is 0 Å². The summed E-state index contributed by atoms with van der Waals surface area (Å²) in [6.07, 6.45) is 28.9. The Balaban J connectivity index is 1.75. The smallest absolute Gasteiger partial charge is 0.0654 e. The molecule has 2 aliphatic carbocycles. The standard InChI is InChI=1S/C21H41B/c1-2-5-9-13-17-20(16-12-8-4-1)22-21-18-14-10-6-3-7-11-15-19-21/h20-22H,1-19H2. The third kappa shape index (κ3) is 8.63. The first-order valence-electron chi connectivity index (χ1n) is 10.9. The molecule has 0 aromatic carbocycles. The predicted molar refractivity (Wildman–Crippen MR) is 102 cm³/mol. The highest BCUT2D eigenvalue weighted by molar-refractivity contribution is 6.39. The Morgan fingerprint density at radius 2 is 0.545 bits per heavy atom. The second-order valence-electron chi connectivity index (χ2n) is 8.43. The third-order valence-electron chi connectivity index (χ3n) is 6.37. The molecule has 2 aliphatic rings. The molecule has 0 atom stereocenters. The molecule has 0 bridgehead atoms. The van der Waals surface area contributed by atoms with Crippen molar-refractivity contribution in [3.05, 3.63) is 0 Å². The third-order valence-corrected chi connectivity index (χ3v) is 6.37. The molecule has 0 N–H and O–H groups in total. The van der Waals surface area contributed by atoms with E-state index in [2.05, 4.69) is 0 Å². The number of hydrogen-bond acceptors (Lipinski definition) is 0. The Labute approximate surface area is 141 Å². The van der Waals surface area contributed by atoms with Gasteiger partial charge in [0.2, 0.25) is 0 Å². The van der Waals surface area contributed by atoms with Crippen molar-refractivity contribution >= 4 is 7.28 Å². The van der Waals surface area contributed by atoms with Gasteiger partial charge >= 0.3 is 0 Å². The highest BCUT2D eigenvalue weighted by Gasteiger charge is 2.19. The van der Waals surface area contributed by atoms with E-state index in [1.165, 1.54) is 96.3 Å². The van der Waals surface area contributed by atoms with E-state index >= 15 is 0 Å². The van der Waals surface area contributed by atoms with Crippen LogP contribution in [0.15, 0.2) is 0 Å². The largest absolute Gasteiger partial charge is 0.127 e. The van der Waals surface area contributed by atoms with Crippen molar-refractivity contribution in [3.63, 3.8) is 0 Å². The predicted octanol–water partition coefficient (Wildman–Crippen LogP) is 7.44. The molecule has 0 unspecified atom stereocenters. The summed E-state index contributed by atoms with van der Waals surface area (Å²) in [5.74, 6) is 2.15. The Morgan fingerprint density at radius 3 is 0.818 bits per heavy atom. The Kier molecular flexibility index (Phi) is 10.4. The minimum atomic E-state index is 1.08. The second kappa shape index (κ2) is 12.5. The van der Waals surface area contributed by atoms with Crippen LogP contribution in [0.4, 0.5) is 0 Å². The average Bonchev–Trinajstić information content (AvgIpc) is 2.60. The zero-order chi connectivity index (χ0) is 15.3. The summed E-state index contributed by atoms with van der Waals surface area (Å²) in [6.45, 7) is 0. The van der Waals surface area contributed by atoms with E-state index in [1.54, 1.807) is 33.0 Å². The zero-order valence-electron chi connectivity index (χ0n) is 15.3. The van der Waals surface area contributed by atoms with E-state index in [0.717, 1.165) is 11.6 Å². The van der Waals surface area contributed by atoms with Crippen LogP contribution >= 0.6 is 0 Å². The van der Waals surface area contributed by atoms with Gasteiger partial charge in [-0.25, -0.2) is 0 Å². The van der Waals surface area contributed by atoms with Crippen molar-refractivity contribution in [1.29, 1.82) is 0 Å². The average molecular weight is 304 g/mol. The van der Waals surface area contributed by atoms with Crippen LogP contribution < -0.4 is 0 Å². The molecular formula is C21H41B. The molecule has 0 aromatic heterocycles. The lowest BCUT2D eigenvalue weighted by Crippen LogP contribution is -2.13. The van der Waals surface area contributed by atoms with Crippen molar-refractivity contribution in [3.8, 4) is 0 Å². The molecule has 0 aromatic rings. The van der Waals surface area contributed by atoms with E-state index in [4.69, 9.17) is 0 Å². The van der Waals surface area contributed by atoms with Crippen LogP contribution in [0.25, 0.3) is 0 Å². The summed E-state index contributed by atoms with van der Waals surface area (Å²) >= 11 is 0. The molecule has 0 amide bonds. The van der Waals surface area contributed by atoms with Gasteiger partial charge in [-0.15, -0.1) is 0 Å². The fourth-order valence-electron chi connectivity index (χ4n) is 4.91. The van der Waals surface area contributed by atoms with Gasteiger partial charge in [-0.1, -0.05) is 134 Å². The lowest BCUT2D eigenvalue weighted by atomic mass is 9.50. The maximum Gasteiger partial charge on any atom is 0.127 e. The van der Waals surface area contributed by atoms with Gasteiger partial charge < -0.3 is 0 Å². The van der Waals surface area contributed by atoms with Gasteiger partial charge in [0.15, 0.2) is 0 Å². The molecule has 2 rings (SSSR count). The minimum Gasteiger partial charge on any atom is -0.0654 e. The van der Waals surface area contributed by atoms with E-state index in [9.17, 15) is 0 Å². The summed E-state index contributed by atoms with van der Waals surface area (Å²) in [7, 11) is 1.58. The molecule has 2 fully saturated rings. The van der Waals surface area contributed by atoms with Crippen molar-refractivity contribution < 1.29 is 0 Å². The monoisotopic (exact) mass is 304 g/mol. The molecule has 0 saturated heterocycles. The lowest BCUT2D eigenvalue weighted by Gasteiger charge is -2.23. The minimum absolute atomic E-state index is 1.08. The van der Waals surface area contributed by atoms with E-state index in [0.29, 0.717) is 0 Å². The number of rotatable bonds is 2. The summed E-state index contributed by atoms with van der Waals surface area (Å²) in [5.41, 5.74) is 0.